The molecule has 2 aliphatic rings. The lowest BCUT2D eigenvalue weighted by atomic mass is 9.94. The van der Waals surface area contributed by atoms with E-state index in [2.05, 4.69) is 49.1 Å². The number of halogens is 1. The van der Waals surface area contributed by atoms with E-state index in [9.17, 15) is 0 Å². The van der Waals surface area contributed by atoms with Crippen molar-refractivity contribution in [3.63, 3.8) is 0 Å². The normalized spacial score (nSPS) is 16.6. The molecule has 3 nitrogen and oxygen atoms in total. The Morgan fingerprint density at radius 2 is 1.90 bits per heavy atom. The number of hydrogen-bond acceptors (Lipinski definition) is 3. The van der Waals surface area contributed by atoms with Crippen LogP contribution < -0.4 is 0 Å². The van der Waals surface area contributed by atoms with Gasteiger partial charge in [0.15, 0.2) is 0 Å². The summed E-state index contributed by atoms with van der Waals surface area (Å²) >= 11 is 6.49. The summed E-state index contributed by atoms with van der Waals surface area (Å²) < 4.78 is 0. The molecule has 0 amide bonds. The Morgan fingerprint density at radius 3 is 2.60 bits per heavy atom. The summed E-state index contributed by atoms with van der Waals surface area (Å²) in [6.45, 7) is 14.9. The lowest BCUT2D eigenvalue weighted by molar-refractivity contribution is 0.182. The molecule has 1 aliphatic heterocycles. The van der Waals surface area contributed by atoms with Crippen LogP contribution >= 0.6 is 11.6 Å². The van der Waals surface area contributed by atoms with Gasteiger partial charge < -0.3 is 9.80 Å². The Bertz CT molecular complexity index is 881. The van der Waals surface area contributed by atoms with Gasteiger partial charge in [-0.1, -0.05) is 56.3 Å². The first kappa shape index (κ1) is 22.8. The number of aromatic nitrogens is 1. The quantitative estimate of drug-likeness (QED) is 0.556. The Morgan fingerprint density at radius 1 is 1.17 bits per heavy atom. The van der Waals surface area contributed by atoms with E-state index in [1.165, 1.54) is 75.2 Å². The highest BCUT2D eigenvalue weighted by Gasteiger charge is 2.17. The summed E-state index contributed by atoms with van der Waals surface area (Å²) in [6, 6.07) is 6.15. The Hall–Kier alpha value is -1.84. The van der Waals surface area contributed by atoms with Crippen molar-refractivity contribution < 1.29 is 0 Å². The third-order valence-corrected chi connectivity index (χ3v) is 6.65. The first-order valence-electron chi connectivity index (χ1n) is 11.4. The third kappa shape index (κ3) is 5.65. The van der Waals surface area contributed by atoms with E-state index in [0.29, 0.717) is 0 Å². The van der Waals surface area contributed by atoms with Crippen molar-refractivity contribution >= 4 is 28.6 Å². The van der Waals surface area contributed by atoms with E-state index in [1.807, 2.05) is 12.1 Å². The maximum absolute atomic E-state index is 6.49. The van der Waals surface area contributed by atoms with Crippen LogP contribution in [0.2, 0.25) is 5.02 Å². The largest absolute Gasteiger partial charge is 0.373 e. The molecule has 2 heterocycles. The highest BCUT2D eigenvalue weighted by molar-refractivity contribution is 6.36. The number of rotatable bonds is 5. The maximum atomic E-state index is 6.49. The van der Waals surface area contributed by atoms with Gasteiger partial charge >= 0.3 is 0 Å². The maximum Gasteiger partial charge on any atom is 0.0726 e. The first-order chi connectivity index (χ1) is 14.5. The van der Waals surface area contributed by atoms with Crippen LogP contribution in [0.4, 0.5) is 0 Å². The van der Waals surface area contributed by atoms with Crippen molar-refractivity contribution in [2.75, 3.05) is 33.2 Å². The molecule has 1 aromatic carbocycles. The summed E-state index contributed by atoms with van der Waals surface area (Å²) in [4.78, 5) is 9.57. The van der Waals surface area contributed by atoms with Crippen molar-refractivity contribution in [2.45, 2.75) is 51.9 Å². The molecule has 1 saturated heterocycles. The monoisotopic (exact) mass is 425 g/mol. The third-order valence-electron chi connectivity index (χ3n) is 6.22. The number of likely N-dealkylation sites (N-methyl/N-ethyl adjacent to an activating group) is 1. The minimum atomic E-state index is 0.903. The van der Waals surface area contributed by atoms with Gasteiger partial charge in [0.1, 0.15) is 0 Å². The van der Waals surface area contributed by atoms with Crippen LogP contribution in [0.25, 0.3) is 17.0 Å². The predicted octanol–water partition coefficient (Wildman–Crippen LogP) is 6.35. The lowest BCUT2D eigenvalue weighted by Crippen LogP contribution is -2.43. The second-order valence-electron chi connectivity index (χ2n) is 8.50. The zero-order chi connectivity index (χ0) is 21.5. The van der Waals surface area contributed by atoms with Gasteiger partial charge in [-0.3, -0.25) is 4.98 Å². The predicted molar refractivity (Wildman–Crippen MR) is 131 cm³/mol. The van der Waals surface area contributed by atoms with E-state index >= 15 is 0 Å². The molecule has 2 aromatic rings. The standard InChI is InChI=1S/C15H14ClN.C11H22N2/c1-2-10-7-8-12-14(9-10)17-13-6-4-3-5-11(13)15(12)16;1-4-5-6-11(2)13-9-7-12(3)8-10-13/h2,7-9H,1,3-6H2;2,4-10H2,1,3H3. The molecule has 4 heteroatoms. The van der Waals surface area contributed by atoms with E-state index < -0.39 is 0 Å². The second kappa shape index (κ2) is 11.0. The van der Waals surface area contributed by atoms with E-state index in [0.717, 1.165) is 34.3 Å². The highest BCUT2D eigenvalue weighted by Crippen LogP contribution is 2.33. The fourth-order valence-electron chi connectivity index (χ4n) is 4.17. The number of pyridine rings is 1. The van der Waals surface area contributed by atoms with Crippen LogP contribution in [0.1, 0.15) is 55.8 Å². The lowest BCUT2D eigenvalue weighted by Gasteiger charge is -2.35. The number of aryl methyl sites for hydroxylation is 1. The fourth-order valence-corrected chi connectivity index (χ4v) is 4.54. The number of hydrogen-bond donors (Lipinski definition) is 0. The van der Waals surface area contributed by atoms with Crippen molar-refractivity contribution in [1.82, 2.24) is 14.8 Å². The highest BCUT2D eigenvalue weighted by atomic mass is 35.5. The van der Waals surface area contributed by atoms with Gasteiger partial charge in [0.2, 0.25) is 0 Å². The van der Waals surface area contributed by atoms with E-state index in [-0.39, 0.29) is 0 Å². The second-order valence-corrected chi connectivity index (χ2v) is 8.88. The summed E-state index contributed by atoms with van der Waals surface area (Å²) in [7, 11) is 2.19. The number of allylic oxidation sites excluding steroid dienone is 1. The fraction of sp³-hybridized carbons (Fsp3) is 0.500. The van der Waals surface area contributed by atoms with Gasteiger partial charge in [-0.2, -0.15) is 0 Å². The zero-order valence-electron chi connectivity index (χ0n) is 18.7. The number of piperazine rings is 1. The van der Waals surface area contributed by atoms with E-state index in [4.69, 9.17) is 16.6 Å². The number of unbranched alkanes of at least 4 members (excludes halogenated alkanes) is 1. The molecule has 0 saturated carbocycles. The van der Waals surface area contributed by atoms with E-state index in [1.54, 1.807) is 0 Å². The number of benzene rings is 1. The molecule has 0 N–H and O–H groups in total. The molecule has 0 bridgehead atoms. The number of nitrogens with zero attached hydrogens (tertiary/aromatic N) is 3. The van der Waals surface area contributed by atoms with Crippen LogP contribution in [-0.2, 0) is 12.8 Å². The van der Waals surface area contributed by atoms with Crippen molar-refractivity contribution in [2.24, 2.45) is 0 Å². The summed E-state index contributed by atoms with van der Waals surface area (Å²) in [5.41, 5.74) is 5.88. The molecule has 30 heavy (non-hydrogen) atoms. The van der Waals surface area contributed by atoms with Gasteiger partial charge in [0, 0.05) is 43.0 Å². The molecule has 1 aliphatic carbocycles. The molecule has 1 aromatic heterocycles. The first-order valence-corrected chi connectivity index (χ1v) is 11.8. The molecule has 4 rings (SSSR count). The van der Waals surface area contributed by atoms with Crippen LogP contribution in [-0.4, -0.2) is 48.0 Å². The topological polar surface area (TPSA) is 19.4 Å². The van der Waals surface area contributed by atoms with Gasteiger partial charge in [-0.15, -0.1) is 0 Å². The van der Waals surface area contributed by atoms with Gasteiger partial charge in [-0.25, -0.2) is 0 Å². The molecule has 162 valence electrons. The molecule has 0 spiro atoms. The minimum absolute atomic E-state index is 0.903. The molecule has 0 unspecified atom stereocenters. The van der Waals surface area contributed by atoms with Crippen LogP contribution in [0, 0.1) is 0 Å². The molecule has 0 radical (unpaired) electrons. The Balaban J connectivity index is 0.000000178. The smallest absolute Gasteiger partial charge is 0.0726 e. The van der Waals surface area contributed by atoms with Crippen molar-refractivity contribution in [3.8, 4) is 0 Å². The van der Waals surface area contributed by atoms with Gasteiger partial charge in [0.25, 0.3) is 0 Å². The van der Waals surface area contributed by atoms with Crippen LogP contribution in [0.15, 0.2) is 37.1 Å². The SMILES string of the molecule is C=C(CCCC)N1CCN(C)CC1.C=Cc1ccc2c(Cl)c3c(nc2c1)CCCC3. The van der Waals surface area contributed by atoms with Crippen LogP contribution in [0.5, 0.6) is 0 Å². The molecular weight excluding hydrogens is 390 g/mol. The number of fused-ring (bicyclic) bond motifs is 2. The van der Waals surface area contributed by atoms with Crippen LogP contribution in [0.3, 0.4) is 0 Å². The Labute approximate surface area is 187 Å². The minimum Gasteiger partial charge on any atom is -0.373 e. The average Bonchev–Trinajstić information content (AvgIpc) is 2.78. The van der Waals surface area contributed by atoms with Gasteiger partial charge in [0.05, 0.1) is 10.5 Å². The van der Waals surface area contributed by atoms with Crippen molar-refractivity contribution in [1.29, 1.82) is 0 Å². The average molecular weight is 426 g/mol. The summed E-state index contributed by atoms with van der Waals surface area (Å²) in [5.74, 6) is 0. The molecule has 0 atom stereocenters. The summed E-state index contributed by atoms with van der Waals surface area (Å²) in [5, 5.41) is 1.97. The van der Waals surface area contributed by atoms with Crippen molar-refractivity contribution in [3.05, 3.63) is 58.9 Å². The van der Waals surface area contributed by atoms with Gasteiger partial charge in [-0.05, 0) is 62.8 Å². The Kier molecular flexibility index (Phi) is 8.35. The molecule has 1 fully saturated rings. The zero-order valence-corrected chi connectivity index (χ0v) is 19.5. The summed E-state index contributed by atoms with van der Waals surface area (Å²) in [6.07, 6.45) is 10.2. The molecular formula is C26H36ClN3.